The molecule has 3 N–H and O–H groups in total. The lowest BCUT2D eigenvalue weighted by Gasteiger charge is -2.06. The van der Waals surface area contributed by atoms with E-state index < -0.39 is 17.2 Å². The summed E-state index contributed by atoms with van der Waals surface area (Å²) in [5, 5.41) is 3.15. The molecule has 8 heteroatoms. The second kappa shape index (κ2) is 6.28. The van der Waals surface area contributed by atoms with Gasteiger partial charge in [-0.3, -0.25) is 4.79 Å². The van der Waals surface area contributed by atoms with Gasteiger partial charge in [0, 0.05) is 17.5 Å². The zero-order valence-electron chi connectivity index (χ0n) is 11.4. The molecule has 0 atom stereocenters. The Hall–Kier alpha value is -1.57. The van der Waals surface area contributed by atoms with Crippen LogP contribution >= 0.6 is 23.7 Å². The Morgan fingerprint density at radius 2 is 2.09 bits per heavy atom. The van der Waals surface area contributed by atoms with Crippen molar-refractivity contribution in [2.24, 2.45) is 5.73 Å². The number of amides is 1. The average Bonchev–Trinajstić information content (AvgIpc) is 3.05. The van der Waals surface area contributed by atoms with Gasteiger partial charge >= 0.3 is 0 Å². The molecule has 1 aromatic heterocycles. The summed E-state index contributed by atoms with van der Waals surface area (Å²) in [6, 6.07) is 3.78. The molecule has 0 bridgehead atoms. The lowest BCUT2D eigenvalue weighted by atomic mass is 10.1. The van der Waals surface area contributed by atoms with E-state index in [-0.39, 0.29) is 18.3 Å². The van der Waals surface area contributed by atoms with Gasteiger partial charge < -0.3 is 11.1 Å². The van der Waals surface area contributed by atoms with Crippen LogP contribution in [0.3, 0.4) is 0 Å². The van der Waals surface area contributed by atoms with Crippen LogP contribution in [0.5, 0.6) is 0 Å². The number of hydrogen-bond acceptors (Lipinski definition) is 4. The fourth-order valence-corrected chi connectivity index (χ4v) is 2.72. The summed E-state index contributed by atoms with van der Waals surface area (Å²) >= 11 is 1.30. The molecule has 0 saturated heterocycles. The van der Waals surface area contributed by atoms with Crippen molar-refractivity contribution in [3.8, 4) is 0 Å². The molecule has 118 valence electrons. The minimum Gasteiger partial charge on any atom is -0.317 e. The van der Waals surface area contributed by atoms with Crippen molar-refractivity contribution >= 4 is 34.8 Å². The highest BCUT2D eigenvalue weighted by molar-refractivity contribution is 7.15. The molecule has 0 radical (unpaired) electrons. The summed E-state index contributed by atoms with van der Waals surface area (Å²) in [6.07, 6.45) is 3.41. The number of hydrogen-bond donors (Lipinski definition) is 2. The van der Waals surface area contributed by atoms with Crippen LogP contribution in [-0.4, -0.2) is 16.4 Å². The summed E-state index contributed by atoms with van der Waals surface area (Å²) in [6.45, 7) is 0. The SMILES string of the molecule is Cl.NC1(C(=O)Nc2ncc(Cc3ccc(F)c(F)c3)s2)CC1. The van der Waals surface area contributed by atoms with Gasteiger partial charge in [-0.15, -0.1) is 23.7 Å². The third kappa shape index (κ3) is 3.60. The molecule has 1 fully saturated rings. The average molecular weight is 346 g/mol. The Labute approximate surface area is 136 Å². The van der Waals surface area contributed by atoms with Gasteiger partial charge in [0.05, 0.1) is 5.54 Å². The van der Waals surface area contributed by atoms with Crippen LogP contribution in [0.15, 0.2) is 24.4 Å². The summed E-state index contributed by atoms with van der Waals surface area (Å²) in [4.78, 5) is 16.7. The number of nitrogens with two attached hydrogens (primary N) is 1. The molecule has 0 aliphatic heterocycles. The van der Waals surface area contributed by atoms with E-state index in [1.807, 2.05) is 0 Å². The van der Waals surface area contributed by atoms with Crippen molar-refractivity contribution in [2.45, 2.75) is 24.8 Å². The number of aromatic nitrogens is 1. The standard InChI is InChI=1S/C14H13F2N3OS.ClH/c15-10-2-1-8(6-11(10)16)5-9-7-18-13(21-9)19-12(20)14(17)3-4-14;/h1-2,6-7H,3-5,17H2,(H,18,19,20);1H. The first kappa shape index (κ1) is 16.8. The molecule has 1 aromatic carbocycles. The second-order valence-corrected chi connectivity index (χ2v) is 6.28. The van der Waals surface area contributed by atoms with Gasteiger partial charge in [-0.2, -0.15) is 0 Å². The Bertz CT molecular complexity index is 703. The zero-order valence-corrected chi connectivity index (χ0v) is 13.1. The Morgan fingerprint density at radius 1 is 1.36 bits per heavy atom. The van der Waals surface area contributed by atoms with Crippen molar-refractivity contribution in [1.82, 2.24) is 4.98 Å². The maximum absolute atomic E-state index is 13.1. The summed E-state index contributed by atoms with van der Waals surface area (Å²) < 4.78 is 26.0. The van der Waals surface area contributed by atoms with E-state index >= 15 is 0 Å². The van der Waals surface area contributed by atoms with Crippen LogP contribution in [0.1, 0.15) is 23.3 Å². The number of nitrogens with zero attached hydrogens (tertiary/aromatic N) is 1. The normalized spacial score (nSPS) is 15.0. The van der Waals surface area contributed by atoms with Crippen molar-refractivity contribution in [3.63, 3.8) is 0 Å². The fourth-order valence-electron chi connectivity index (χ4n) is 1.88. The molecule has 1 saturated carbocycles. The smallest absolute Gasteiger partial charge is 0.246 e. The van der Waals surface area contributed by atoms with Crippen LogP contribution in [0.2, 0.25) is 0 Å². The van der Waals surface area contributed by atoms with E-state index in [1.54, 1.807) is 6.20 Å². The Balaban J connectivity index is 0.00000176. The molecular weight excluding hydrogens is 332 g/mol. The lowest BCUT2D eigenvalue weighted by molar-refractivity contribution is -0.118. The summed E-state index contributed by atoms with van der Waals surface area (Å²) in [5.41, 5.74) is 5.69. The third-order valence-electron chi connectivity index (χ3n) is 3.38. The topological polar surface area (TPSA) is 68.0 Å². The molecular formula is C14H14ClF2N3OS. The molecule has 0 unspecified atom stereocenters. The summed E-state index contributed by atoms with van der Waals surface area (Å²) in [7, 11) is 0. The first-order chi connectivity index (χ1) is 9.96. The van der Waals surface area contributed by atoms with E-state index in [1.165, 1.54) is 17.4 Å². The van der Waals surface area contributed by atoms with Gasteiger partial charge in [-0.25, -0.2) is 13.8 Å². The van der Waals surface area contributed by atoms with Crippen LogP contribution in [-0.2, 0) is 11.2 Å². The zero-order chi connectivity index (χ0) is 15.0. The van der Waals surface area contributed by atoms with E-state index in [4.69, 9.17) is 5.73 Å². The third-order valence-corrected chi connectivity index (χ3v) is 4.29. The number of benzene rings is 1. The highest BCUT2D eigenvalue weighted by Gasteiger charge is 2.46. The molecule has 1 aliphatic carbocycles. The first-order valence-corrected chi connectivity index (χ1v) is 7.27. The quantitative estimate of drug-likeness (QED) is 0.895. The van der Waals surface area contributed by atoms with E-state index in [0.29, 0.717) is 30.0 Å². The number of halogens is 3. The van der Waals surface area contributed by atoms with Gasteiger partial charge in [-0.05, 0) is 30.5 Å². The first-order valence-electron chi connectivity index (χ1n) is 6.45. The molecule has 1 aliphatic rings. The largest absolute Gasteiger partial charge is 0.317 e. The minimum atomic E-state index is -0.871. The number of carbonyl (C=O) groups excluding carboxylic acids is 1. The number of thiazole rings is 1. The number of rotatable bonds is 4. The van der Waals surface area contributed by atoms with Gasteiger partial charge in [0.2, 0.25) is 5.91 Å². The van der Waals surface area contributed by atoms with Gasteiger partial charge in [0.1, 0.15) is 0 Å². The highest BCUT2D eigenvalue weighted by atomic mass is 35.5. The Morgan fingerprint density at radius 3 is 2.73 bits per heavy atom. The minimum absolute atomic E-state index is 0. The van der Waals surface area contributed by atoms with E-state index in [0.717, 1.165) is 17.0 Å². The monoisotopic (exact) mass is 345 g/mol. The predicted octanol–water partition coefficient (Wildman–Crippen LogP) is 2.86. The molecule has 2 aromatic rings. The number of carbonyl (C=O) groups is 1. The van der Waals surface area contributed by atoms with Crippen molar-refractivity contribution < 1.29 is 13.6 Å². The van der Waals surface area contributed by atoms with Crippen molar-refractivity contribution in [3.05, 3.63) is 46.5 Å². The van der Waals surface area contributed by atoms with Crippen LogP contribution in [0.4, 0.5) is 13.9 Å². The van der Waals surface area contributed by atoms with Gasteiger partial charge in [0.25, 0.3) is 0 Å². The number of anilines is 1. The van der Waals surface area contributed by atoms with Gasteiger partial charge in [-0.1, -0.05) is 6.07 Å². The number of nitrogens with one attached hydrogen (secondary N) is 1. The summed E-state index contributed by atoms with van der Waals surface area (Å²) in [5.74, 6) is -1.96. The van der Waals surface area contributed by atoms with Crippen LogP contribution in [0.25, 0.3) is 0 Å². The van der Waals surface area contributed by atoms with Gasteiger partial charge in [0.15, 0.2) is 16.8 Å². The van der Waals surface area contributed by atoms with Crippen LogP contribution < -0.4 is 11.1 Å². The Kier molecular flexibility index (Phi) is 4.79. The molecule has 1 amide bonds. The molecule has 3 rings (SSSR count). The molecule has 22 heavy (non-hydrogen) atoms. The molecule has 0 spiro atoms. The maximum Gasteiger partial charge on any atom is 0.246 e. The lowest BCUT2D eigenvalue weighted by Crippen LogP contribution is -2.37. The maximum atomic E-state index is 13.1. The van der Waals surface area contributed by atoms with E-state index in [2.05, 4.69) is 10.3 Å². The second-order valence-electron chi connectivity index (χ2n) is 5.17. The fraction of sp³-hybridized carbons (Fsp3) is 0.286. The molecule has 4 nitrogen and oxygen atoms in total. The van der Waals surface area contributed by atoms with Crippen LogP contribution in [0, 0.1) is 11.6 Å². The highest BCUT2D eigenvalue weighted by Crippen LogP contribution is 2.34. The van der Waals surface area contributed by atoms with Crippen molar-refractivity contribution in [2.75, 3.05) is 5.32 Å². The molecule has 1 heterocycles. The van der Waals surface area contributed by atoms with Crippen molar-refractivity contribution in [1.29, 1.82) is 0 Å². The predicted molar refractivity (Wildman–Crippen MR) is 83.3 cm³/mol. The van der Waals surface area contributed by atoms with E-state index in [9.17, 15) is 13.6 Å².